The molecular formula is C21H22N4O4. The molecule has 8 nitrogen and oxygen atoms in total. The minimum atomic E-state index is -0.423. The second kappa shape index (κ2) is 7.90. The molecule has 4 rings (SSSR count). The Morgan fingerprint density at radius 1 is 1.24 bits per heavy atom. The molecule has 1 fully saturated rings. The molecular weight excluding hydrogens is 372 g/mol. The number of hydrogen-bond acceptors (Lipinski definition) is 6. The minimum absolute atomic E-state index is 0.0370. The molecule has 29 heavy (non-hydrogen) atoms. The van der Waals surface area contributed by atoms with Crippen LogP contribution in [0.1, 0.15) is 18.4 Å². The van der Waals surface area contributed by atoms with Gasteiger partial charge in [0.15, 0.2) is 5.58 Å². The van der Waals surface area contributed by atoms with Gasteiger partial charge in [0.25, 0.3) is 11.7 Å². The van der Waals surface area contributed by atoms with Gasteiger partial charge in [-0.05, 0) is 30.5 Å². The molecule has 1 aliphatic heterocycles. The molecule has 1 saturated heterocycles. The molecule has 0 saturated carbocycles. The van der Waals surface area contributed by atoms with Crippen LogP contribution in [0.2, 0.25) is 0 Å². The van der Waals surface area contributed by atoms with Crippen molar-refractivity contribution in [2.45, 2.75) is 19.4 Å². The molecule has 1 amide bonds. The molecule has 0 spiro atoms. The Hall–Kier alpha value is -3.42. The van der Waals surface area contributed by atoms with Crippen molar-refractivity contribution in [1.82, 2.24) is 9.88 Å². The Kier molecular flexibility index (Phi) is 5.16. The van der Waals surface area contributed by atoms with Crippen molar-refractivity contribution in [3.05, 3.63) is 64.2 Å². The minimum Gasteiger partial charge on any atom is -0.423 e. The normalized spacial score (nSPS) is 14.9. The highest BCUT2D eigenvalue weighted by molar-refractivity contribution is 5.79. The number of nitro benzene ring substituents is 1. The van der Waals surface area contributed by atoms with Crippen LogP contribution in [0.4, 0.5) is 11.7 Å². The van der Waals surface area contributed by atoms with Crippen molar-refractivity contribution in [2.24, 2.45) is 5.92 Å². The standard InChI is InChI=1S/C21H22N4O4/c1-23(14-15-5-4-6-17(13-15)25(27)28)20(26)16-9-11-24(12-10-16)21-22-18-7-2-3-8-19(18)29-21/h2-8,13,16H,9-12,14H2,1H3. The number of amides is 1. The Bertz CT molecular complexity index is 1010. The number of nitrogens with zero attached hydrogens (tertiary/aromatic N) is 4. The first-order chi connectivity index (χ1) is 14.0. The molecule has 0 N–H and O–H groups in total. The van der Waals surface area contributed by atoms with Crippen molar-refractivity contribution < 1.29 is 14.1 Å². The van der Waals surface area contributed by atoms with Crippen LogP contribution in [0.3, 0.4) is 0 Å². The highest BCUT2D eigenvalue weighted by atomic mass is 16.6. The quantitative estimate of drug-likeness (QED) is 0.485. The van der Waals surface area contributed by atoms with E-state index in [-0.39, 0.29) is 17.5 Å². The molecule has 8 heteroatoms. The zero-order valence-electron chi connectivity index (χ0n) is 16.2. The fourth-order valence-electron chi connectivity index (χ4n) is 3.74. The predicted octanol–water partition coefficient (Wildman–Crippen LogP) is 3.61. The third-order valence-corrected chi connectivity index (χ3v) is 5.31. The summed E-state index contributed by atoms with van der Waals surface area (Å²) in [6.07, 6.45) is 1.44. The first kappa shape index (κ1) is 18.9. The smallest absolute Gasteiger partial charge is 0.298 e. The predicted molar refractivity (Wildman–Crippen MR) is 109 cm³/mol. The van der Waals surface area contributed by atoms with Crippen LogP contribution in [0.5, 0.6) is 0 Å². The average molecular weight is 394 g/mol. The van der Waals surface area contributed by atoms with Crippen molar-refractivity contribution in [3.63, 3.8) is 0 Å². The van der Waals surface area contributed by atoms with E-state index in [1.54, 1.807) is 24.1 Å². The maximum atomic E-state index is 12.8. The van der Waals surface area contributed by atoms with Gasteiger partial charge in [0.05, 0.1) is 4.92 Å². The molecule has 2 aromatic carbocycles. The van der Waals surface area contributed by atoms with Gasteiger partial charge in [-0.2, -0.15) is 4.98 Å². The van der Waals surface area contributed by atoms with Crippen LogP contribution in [-0.2, 0) is 11.3 Å². The van der Waals surface area contributed by atoms with E-state index in [9.17, 15) is 14.9 Å². The number of anilines is 1. The molecule has 0 bridgehead atoms. The lowest BCUT2D eigenvalue weighted by molar-refractivity contribution is -0.384. The number of nitro groups is 1. The van der Waals surface area contributed by atoms with Gasteiger partial charge in [-0.3, -0.25) is 14.9 Å². The number of oxazole rings is 1. The maximum Gasteiger partial charge on any atom is 0.298 e. The number of piperidine rings is 1. The summed E-state index contributed by atoms with van der Waals surface area (Å²) < 4.78 is 5.82. The van der Waals surface area contributed by atoms with Crippen LogP contribution >= 0.6 is 0 Å². The van der Waals surface area contributed by atoms with Crippen molar-refractivity contribution >= 4 is 28.7 Å². The number of non-ortho nitro benzene ring substituents is 1. The largest absolute Gasteiger partial charge is 0.423 e. The molecule has 3 aromatic rings. The summed E-state index contributed by atoms with van der Waals surface area (Å²) in [6, 6.07) is 14.7. The third kappa shape index (κ3) is 4.06. The Morgan fingerprint density at radius 2 is 2.00 bits per heavy atom. The first-order valence-electron chi connectivity index (χ1n) is 9.60. The Balaban J connectivity index is 1.35. The average Bonchev–Trinajstić information content (AvgIpc) is 3.18. The maximum absolute atomic E-state index is 12.8. The fourth-order valence-corrected chi connectivity index (χ4v) is 3.74. The summed E-state index contributed by atoms with van der Waals surface area (Å²) in [6.45, 7) is 1.76. The number of hydrogen-bond donors (Lipinski definition) is 0. The molecule has 0 radical (unpaired) electrons. The van der Waals surface area contributed by atoms with Gasteiger partial charge in [-0.15, -0.1) is 0 Å². The molecule has 0 atom stereocenters. The van der Waals surface area contributed by atoms with Crippen LogP contribution < -0.4 is 4.90 Å². The van der Waals surface area contributed by atoms with Gasteiger partial charge < -0.3 is 14.2 Å². The molecule has 1 aromatic heterocycles. The monoisotopic (exact) mass is 394 g/mol. The second-order valence-electron chi connectivity index (χ2n) is 7.35. The van der Waals surface area contributed by atoms with E-state index in [1.165, 1.54) is 12.1 Å². The molecule has 150 valence electrons. The van der Waals surface area contributed by atoms with E-state index in [0.717, 1.165) is 29.5 Å². The van der Waals surface area contributed by atoms with Gasteiger partial charge in [0.2, 0.25) is 5.91 Å². The van der Waals surface area contributed by atoms with Crippen molar-refractivity contribution in [2.75, 3.05) is 25.0 Å². The third-order valence-electron chi connectivity index (χ3n) is 5.31. The number of para-hydroxylation sites is 2. The van der Waals surface area contributed by atoms with Crippen molar-refractivity contribution in [1.29, 1.82) is 0 Å². The van der Waals surface area contributed by atoms with Gasteiger partial charge >= 0.3 is 0 Å². The first-order valence-corrected chi connectivity index (χ1v) is 9.60. The Morgan fingerprint density at radius 3 is 2.72 bits per heavy atom. The van der Waals surface area contributed by atoms with Crippen molar-refractivity contribution in [3.8, 4) is 0 Å². The van der Waals surface area contributed by atoms with E-state index >= 15 is 0 Å². The van der Waals surface area contributed by atoms with E-state index in [2.05, 4.69) is 9.88 Å². The fraction of sp³-hybridized carbons (Fsp3) is 0.333. The highest BCUT2D eigenvalue weighted by Gasteiger charge is 2.29. The number of benzene rings is 2. The lowest BCUT2D eigenvalue weighted by Crippen LogP contribution is -2.41. The summed E-state index contributed by atoms with van der Waals surface area (Å²) in [5.74, 6) is -0.00644. The van der Waals surface area contributed by atoms with Crippen LogP contribution in [-0.4, -0.2) is 40.9 Å². The molecule has 1 aliphatic rings. The number of carbonyl (C=O) groups is 1. The van der Waals surface area contributed by atoms with Crippen LogP contribution in [0, 0.1) is 16.0 Å². The summed E-state index contributed by atoms with van der Waals surface area (Å²) in [7, 11) is 1.74. The van der Waals surface area contributed by atoms with E-state index < -0.39 is 4.92 Å². The van der Waals surface area contributed by atoms with Gasteiger partial charge in [0.1, 0.15) is 5.52 Å². The summed E-state index contributed by atoms with van der Waals surface area (Å²) in [4.78, 5) is 31.6. The van der Waals surface area contributed by atoms with E-state index in [4.69, 9.17) is 4.42 Å². The van der Waals surface area contributed by atoms with Gasteiger partial charge in [-0.1, -0.05) is 24.3 Å². The highest BCUT2D eigenvalue weighted by Crippen LogP contribution is 2.27. The molecule has 2 heterocycles. The van der Waals surface area contributed by atoms with E-state index in [1.807, 2.05) is 24.3 Å². The SMILES string of the molecule is CN(Cc1cccc([N+](=O)[O-])c1)C(=O)C1CCN(c2nc3ccccc3o2)CC1. The molecule has 0 unspecified atom stereocenters. The number of carbonyl (C=O) groups excluding carboxylic acids is 1. The van der Waals surface area contributed by atoms with Gasteiger partial charge in [-0.25, -0.2) is 0 Å². The van der Waals surface area contributed by atoms with E-state index in [0.29, 0.717) is 25.6 Å². The van der Waals surface area contributed by atoms with Gasteiger partial charge in [0, 0.05) is 44.7 Å². The second-order valence-corrected chi connectivity index (χ2v) is 7.35. The number of aromatic nitrogens is 1. The topological polar surface area (TPSA) is 92.7 Å². The number of fused-ring (bicyclic) bond motifs is 1. The van der Waals surface area contributed by atoms with Crippen LogP contribution in [0.25, 0.3) is 11.1 Å². The van der Waals surface area contributed by atoms with Crippen LogP contribution in [0.15, 0.2) is 52.9 Å². The zero-order valence-corrected chi connectivity index (χ0v) is 16.2. The lowest BCUT2D eigenvalue weighted by atomic mass is 9.95. The summed E-state index contributed by atoms with van der Waals surface area (Å²) >= 11 is 0. The molecule has 0 aliphatic carbocycles. The zero-order chi connectivity index (χ0) is 20.4. The number of rotatable bonds is 5. The summed E-state index contributed by atoms with van der Waals surface area (Å²) in [5, 5.41) is 10.9. The lowest BCUT2D eigenvalue weighted by Gasteiger charge is -2.32. The summed E-state index contributed by atoms with van der Waals surface area (Å²) in [5.41, 5.74) is 2.38. The Labute approximate surface area is 167 Å².